The van der Waals surface area contributed by atoms with Gasteiger partial charge < -0.3 is 29.4 Å². The summed E-state index contributed by atoms with van der Waals surface area (Å²) in [6.07, 6.45) is -11.0. The zero-order chi connectivity index (χ0) is 29.1. The van der Waals surface area contributed by atoms with Crippen molar-refractivity contribution in [3.8, 4) is 5.75 Å². The molecule has 4 N–H and O–H groups in total. The fourth-order valence-electron chi connectivity index (χ4n) is 3.52. The number of anilines is 1. The maximum absolute atomic E-state index is 15.3. The average molecular weight is 599 g/mol. The van der Waals surface area contributed by atoms with E-state index in [9.17, 15) is 27.9 Å². The SMILES string of the molecule is CC(C)OC(=O)C(C)NP(=S)(OCC1(C(F)F)OC(n2cc(F)c(N)nc2=O)C(O)C1F)Oc1ccccc1. The molecule has 0 aliphatic carbocycles. The molecule has 0 bridgehead atoms. The summed E-state index contributed by atoms with van der Waals surface area (Å²) in [5.41, 5.74) is 0.749. The predicted molar refractivity (Wildman–Crippen MR) is 134 cm³/mol. The number of nitrogen functional groups attached to an aromatic ring is 1. The molecule has 0 amide bonds. The van der Waals surface area contributed by atoms with Gasteiger partial charge in [0.05, 0.1) is 18.9 Å². The molecule has 11 nitrogen and oxygen atoms in total. The molecule has 3 rings (SSSR count). The number of halogens is 4. The Balaban J connectivity index is 1.92. The number of alkyl halides is 3. The normalized spacial score (nSPS) is 25.4. The van der Waals surface area contributed by atoms with Crippen LogP contribution >= 0.6 is 6.64 Å². The number of nitrogens with one attached hydrogen (secondary N) is 1. The van der Waals surface area contributed by atoms with Crippen molar-refractivity contribution in [1.29, 1.82) is 0 Å². The number of carbonyl (C=O) groups is 1. The van der Waals surface area contributed by atoms with Crippen molar-refractivity contribution in [3.63, 3.8) is 0 Å². The molecule has 17 heteroatoms. The Labute approximate surface area is 225 Å². The van der Waals surface area contributed by atoms with Gasteiger partial charge in [-0.1, -0.05) is 18.2 Å². The number of benzene rings is 1. The highest BCUT2D eigenvalue weighted by Gasteiger charge is 2.62. The molecular formula is C22H27F4N4O7PS. The molecule has 6 atom stereocenters. The Bertz CT molecular complexity index is 1270. The van der Waals surface area contributed by atoms with Crippen LogP contribution in [0, 0.1) is 5.82 Å². The first-order chi connectivity index (χ1) is 18.2. The molecule has 0 radical (unpaired) electrons. The molecule has 2 heterocycles. The molecule has 0 saturated carbocycles. The van der Waals surface area contributed by atoms with E-state index in [1.807, 2.05) is 0 Å². The molecule has 0 spiro atoms. The van der Waals surface area contributed by atoms with E-state index >= 15 is 4.39 Å². The van der Waals surface area contributed by atoms with Crippen molar-refractivity contribution in [2.45, 2.75) is 63.4 Å². The quantitative estimate of drug-likeness (QED) is 0.199. The minimum absolute atomic E-state index is 0.140. The Kier molecular flexibility index (Phi) is 9.73. The fourth-order valence-corrected chi connectivity index (χ4v) is 5.94. The van der Waals surface area contributed by atoms with E-state index in [0.29, 0.717) is 10.8 Å². The van der Waals surface area contributed by atoms with Crippen molar-refractivity contribution in [1.82, 2.24) is 14.6 Å². The lowest BCUT2D eigenvalue weighted by Crippen LogP contribution is -2.51. The molecule has 1 aromatic carbocycles. The lowest BCUT2D eigenvalue weighted by atomic mass is 9.98. The molecule has 216 valence electrons. The zero-order valence-corrected chi connectivity index (χ0v) is 22.6. The first-order valence-electron chi connectivity index (χ1n) is 11.5. The minimum atomic E-state index is -3.93. The summed E-state index contributed by atoms with van der Waals surface area (Å²) >= 11 is 5.44. The van der Waals surface area contributed by atoms with Gasteiger partial charge in [-0.05, 0) is 44.7 Å². The van der Waals surface area contributed by atoms with E-state index in [1.165, 1.54) is 19.1 Å². The third kappa shape index (κ3) is 6.94. The summed E-state index contributed by atoms with van der Waals surface area (Å²) in [6, 6.07) is 6.65. The first-order valence-corrected chi connectivity index (χ1v) is 14.1. The monoisotopic (exact) mass is 598 g/mol. The number of para-hydroxylation sites is 1. The fraction of sp³-hybridized carbons (Fsp3) is 0.500. The van der Waals surface area contributed by atoms with Crippen molar-refractivity contribution < 1.29 is 46.0 Å². The van der Waals surface area contributed by atoms with Crippen LogP contribution in [0.5, 0.6) is 5.75 Å². The number of hydrogen-bond acceptors (Lipinski definition) is 10. The van der Waals surface area contributed by atoms with Crippen LogP contribution in [-0.2, 0) is 30.6 Å². The third-order valence-electron chi connectivity index (χ3n) is 5.46. The van der Waals surface area contributed by atoms with Crippen LogP contribution in [0.25, 0.3) is 0 Å². The van der Waals surface area contributed by atoms with Gasteiger partial charge in [0.25, 0.3) is 6.43 Å². The first kappa shape index (κ1) is 30.9. The average Bonchev–Trinajstić information content (AvgIpc) is 3.11. The number of nitrogens with two attached hydrogens (primary N) is 1. The molecular weight excluding hydrogens is 571 g/mol. The van der Waals surface area contributed by atoms with Gasteiger partial charge in [-0.2, -0.15) is 4.98 Å². The van der Waals surface area contributed by atoms with Crippen LogP contribution in [0.1, 0.15) is 27.0 Å². The van der Waals surface area contributed by atoms with Crippen molar-refractivity contribution in [2.75, 3.05) is 12.3 Å². The van der Waals surface area contributed by atoms with Gasteiger partial charge in [0, 0.05) is 0 Å². The summed E-state index contributed by atoms with van der Waals surface area (Å²) in [6.45, 7) is -0.646. The van der Waals surface area contributed by atoms with E-state index in [2.05, 4.69) is 10.1 Å². The van der Waals surface area contributed by atoms with E-state index < -0.39 is 79.2 Å². The molecule has 1 fully saturated rings. The predicted octanol–water partition coefficient (Wildman–Crippen LogP) is 2.45. The summed E-state index contributed by atoms with van der Waals surface area (Å²) < 4.78 is 79.8. The second kappa shape index (κ2) is 12.3. The molecule has 1 aromatic heterocycles. The Morgan fingerprint density at radius 2 is 1.97 bits per heavy atom. The molecule has 2 aromatic rings. The van der Waals surface area contributed by atoms with Crippen molar-refractivity contribution in [2.24, 2.45) is 0 Å². The van der Waals surface area contributed by atoms with E-state index in [4.69, 9.17) is 36.1 Å². The maximum Gasteiger partial charge on any atom is 0.351 e. The Hall–Kier alpha value is -2.62. The zero-order valence-electron chi connectivity index (χ0n) is 20.9. The lowest BCUT2D eigenvalue weighted by molar-refractivity contribution is -0.182. The van der Waals surface area contributed by atoms with Crippen molar-refractivity contribution >= 4 is 30.2 Å². The topological polar surface area (TPSA) is 147 Å². The van der Waals surface area contributed by atoms with Gasteiger partial charge >= 0.3 is 18.3 Å². The van der Waals surface area contributed by atoms with Crippen LogP contribution in [0.2, 0.25) is 0 Å². The number of aliphatic hydroxyl groups is 1. The molecule has 1 saturated heterocycles. The van der Waals surface area contributed by atoms with Gasteiger partial charge in [-0.25, -0.2) is 27.4 Å². The van der Waals surface area contributed by atoms with Crippen LogP contribution in [0.4, 0.5) is 23.4 Å². The molecule has 1 aliphatic rings. The van der Waals surface area contributed by atoms with Gasteiger partial charge in [0.2, 0.25) is 0 Å². The summed E-state index contributed by atoms with van der Waals surface area (Å²) in [5.74, 6) is -2.64. The van der Waals surface area contributed by atoms with E-state index in [-0.39, 0.29) is 5.75 Å². The highest BCUT2D eigenvalue weighted by Crippen LogP contribution is 2.50. The third-order valence-corrected chi connectivity index (χ3v) is 7.94. The molecule has 1 aliphatic heterocycles. The number of carbonyl (C=O) groups excluding carboxylic acids is 1. The number of esters is 1. The number of aliphatic hydroxyl groups excluding tert-OH is 1. The number of ether oxygens (including phenoxy) is 2. The lowest BCUT2D eigenvalue weighted by Gasteiger charge is -2.33. The van der Waals surface area contributed by atoms with Crippen LogP contribution in [-0.4, -0.2) is 63.7 Å². The highest BCUT2D eigenvalue weighted by molar-refractivity contribution is 8.09. The smallest absolute Gasteiger partial charge is 0.351 e. The summed E-state index contributed by atoms with van der Waals surface area (Å²) in [4.78, 5) is 27.7. The van der Waals surface area contributed by atoms with E-state index in [1.54, 1.807) is 32.0 Å². The number of rotatable bonds is 11. The maximum atomic E-state index is 15.3. The number of aromatic nitrogens is 2. The van der Waals surface area contributed by atoms with Crippen LogP contribution in [0.3, 0.4) is 0 Å². The van der Waals surface area contributed by atoms with Gasteiger partial charge in [-0.15, -0.1) is 0 Å². The Morgan fingerprint density at radius 3 is 2.56 bits per heavy atom. The second-order valence-electron chi connectivity index (χ2n) is 8.83. The largest absolute Gasteiger partial charge is 0.462 e. The van der Waals surface area contributed by atoms with E-state index in [0.717, 1.165) is 0 Å². The Morgan fingerprint density at radius 1 is 1.33 bits per heavy atom. The minimum Gasteiger partial charge on any atom is -0.462 e. The summed E-state index contributed by atoms with van der Waals surface area (Å²) in [5, 5.41) is 13.0. The molecule has 6 unspecified atom stereocenters. The molecule has 39 heavy (non-hydrogen) atoms. The van der Waals surface area contributed by atoms with Crippen LogP contribution in [0.15, 0.2) is 41.3 Å². The summed E-state index contributed by atoms with van der Waals surface area (Å²) in [7, 11) is 0. The number of hydrogen-bond donors (Lipinski definition) is 3. The standard InChI is InChI=1S/C22H27F4N4O7PS/c1-11(2)35-19(32)12(3)29-38(39,37-13-7-5-4-6-8-13)34-10-22(20(25)26)16(24)15(31)18(36-22)30-9-14(23)17(27)28-21(30)33/h4-9,11-12,15-16,18,20,31H,10H2,1-3H3,(H,29,39)(H2,27,28,33). The van der Waals surface area contributed by atoms with Gasteiger partial charge in [0.15, 0.2) is 29.6 Å². The van der Waals surface area contributed by atoms with Crippen molar-refractivity contribution in [3.05, 3.63) is 52.8 Å². The van der Waals surface area contributed by atoms with Gasteiger partial charge in [0.1, 0.15) is 17.9 Å². The second-order valence-corrected chi connectivity index (χ2v) is 12.0. The van der Waals surface area contributed by atoms with Gasteiger partial charge in [-0.3, -0.25) is 9.36 Å². The number of nitrogens with zero attached hydrogens (tertiary/aromatic N) is 2. The highest BCUT2D eigenvalue weighted by atomic mass is 32.5. The van der Waals surface area contributed by atoms with Crippen LogP contribution < -0.4 is 21.0 Å².